The molecule has 22 heavy (non-hydrogen) atoms. The maximum absolute atomic E-state index is 12.4. The van der Waals surface area contributed by atoms with Crippen LogP contribution in [0.4, 0.5) is 0 Å². The Morgan fingerprint density at radius 3 is 2.64 bits per heavy atom. The van der Waals surface area contributed by atoms with Crippen molar-refractivity contribution in [1.82, 2.24) is 0 Å². The average molecular weight is 302 g/mol. The van der Waals surface area contributed by atoms with Gasteiger partial charge in [-0.2, -0.15) is 0 Å². The molecule has 1 N–H and O–H groups in total. The first-order valence-corrected chi connectivity index (χ1v) is 8.82. The number of rotatable bonds is 0. The summed E-state index contributed by atoms with van der Waals surface area (Å²) in [6, 6.07) is 0. The van der Waals surface area contributed by atoms with E-state index in [-0.39, 0.29) is 17.0 Å². The van der Waals surface area contributed by atoms with Gasteiger partial charge in [0, 0.05) is 12.8 Å². The van der Waals surface area contributed by atoms with Crippen LogP contribution in [0, 0.1) is 28.6 Å². The van der Waals surface area contributed by atoms with E-state index in [1.54, 1.807) is 0 Å². The van der Waals surface area contributed by atoms with Crippen molar-refractivity contribution in [2.24, 2.45) is 28.6 Å². The van der Waals surface area contributed by atoms with Gasteiger partial charge in [0.1, 0.15) is 5.78 Å². The molecule has 3 saturated carbocycles. The van der Waals surface area contributed by atoms with E-state index in [2.05, 4.69) is 6.92 Å². The summed E-state index contributed by atoms with van der Waals surface area (Å²) in [5.41, 5.74) is 0.860. The Morgan fingerprint density at radius 2 is 1.86 bits per heavy atom. The molecular formula is C19H26O3. The van der Waals surface area contributed by atoms with Gasteiger partial charge in [0.2, 0.25) is 0 Å². The van der Waals surface area contributed by atoms with Gasteiger partial charge in [-0.25, -0.2) is 0 Å². The van der Waals surface area contributed by atoms with Crippen LogP contribution in [0.3, 0.4) is 0 Å². The number of Topliss-reactive ketones (excluding diaryl/α,β-unsaturated/α-hetero) is 1. The number of fused-ring (bicyclic) bond motifs is 5. The smallest absolute Gasteiger partial charge is 0.155 e. The average Bonchev–Trinajstić information content (AvgIpc) is 2.79. The molecular weight excluding hydrogens is 276 g/mol. The van der Waals surface area contributed by atoms with Crippen molar-refractivity contribution >= 4 is 11.6 Å². The lowest BCUT2D eigenvalue weighted by Crippen LogP contribution is -2.56. The number of hydrogen-bond donors (Lipinski definition) is 1. The predicted molar refractivity (Wildman–Crippen MR) is 83.1 cm³/mol. The summed E-state index contributed by atoms with van der Waals surface area (Å²) in [5, 5.41) is 10.8. The number of hydrogen-bond acceptors (Lipinski definition) is 3. The van der Waals surface area contributed by atoms with Gasteiger partial charge in [-0.15, -0.1) is 0 Å². The van der Waals surface area contributed by atoms with Crippen molar-refractivity contribution < 1.29 is 14.7 Å². The number of aliphatic hydroxyl groups excluding tert-OH is 1. The minimum atomic E-state index is -0.512. The second-order valence-electron chi connectivity index (χ2n) is 8.46. The Balaban J connectivity index is 1.74. The SMILES string of the molecule is C[C@@]12C(=O)CC[C@H]1[C@@H]1CCC3=CC(=O)CC[C@]3(C)[C@H]1C[C@H]2O. The molecule has 3 heteroatoms. The van der Waals surface area contributed by atoms with E-state index < -0.39 is 11.5 Å². The van der Waals surface area contributed by atoms with Gasteiger partial charge in [0.25, 0.3) is 0 Å². The van der Waals surface area contributed by atoms with E-state index >= 15 is 0 Å². The zero-order valence-electron chi connectivity index (χ0n) is 13.6. The normalized spacial score (nSPS) is 51.0. The Hall–Kier alpha value is -0.960. The molecule has 4 rings (SSSR count). The molecule has 0 aromatic carbocycles. The van der Waals surface area contributed by atoms with Crippen LogP contribution in [0.1, 0.15) is 58.8 Å². The van der Waals surface area contributed by atoms with Crippen LogP contribution in [-0.2, 0) is 9.59 Å². The molecule has 120 valence electrons. The lowest BCUT2D eigenvalue weighted by Gasteiger charge is -2.58. The molecule has 0 spiro atoms. The summed E-state index contributed by atoms with van der Waals surface area (Å²) in [7, 11) is 0. The number of ketones is 2. The molecule has 4 aliphatic carbocycles. The minimum Gasteiger partial charge on any atom is -0.392 e. The van der Waals surface area contributed by atoms with Crippen molar-refractivity contribution in [3.8, 4) is 0 Å². The van der Waals surface area contributed by atoms with Gasteiger partial charge in [-0.1, -0.05) is 12.5 Å². The van der Waals surface area contributed by atoms with Crippen molar-refractivity contribution in [2.75, 3.05) is 0 Å². The summed E-state index contributed by atoms with van der Waals surface area (Å²) in [6.45, 7) is 4.31. The van der Waals surface area contributed by atoms with E-state index in [1.165, 1.54) is 5.57 Å². The van der Waals surface area contributed by atoms with Gasteiger partial charge in [-0.05, 0) is 68.3 Å². The number of allylic oxidation sites excluding steroid dienone is 1. The molecule has 3 fully saturated rings. The molecule has 0 saturated heterocycles. The van der Waals surface area contributed by atoms with Crippen LogP contribution < -0.4 is 0 Å². The molecule has 0 heterocycles. The van der Waals surface area contributed by atoms with Gasteiger partial charge < -0.3 is 5.11 Å². The molecule has 0 unspecified atom stereocenters. The van der Waals surface area contributed by atoms with Crippen LogP contribution in [0.25, 0.3) is 0 Å². The molecule has 0 bridgehead atoms. The van der Waals surface area contributed by atoms with Crippen molar-refractivity contribution in [3.63, 3.8) is 0 Å². The number of carbonyl (C=O) groups is 2. The fourth-order valence-electron chi connectivity index (χ4n) is 6.31. The highest BCUT2D eigenvalue weighted by molar-refractivity contribution is 5.91. The highest BCUT2D eigenvalue weighted by Gasteiger charge is 2.62. The zero-order valence-corrected chi connectivity index (χ0v) is 13.6. The molecule has 0 amide bonds. The van der Waals surface area contributed by atoms with Crippen molar-refractivity contribution in [3.05, 3.63) is 11.6 Å². The third-order valence-electron chi connectivity index (χ3n) is 7.78. The first kappa shape index (κ1) is 14.6. The minimum absolute atomic E-state index is 0.0603. The standard InChI is InChI=1S/C19H26O3/c1-18-8-7-12(20)9-11(18)3-4-13-14-5-6-16(21)19(14,2)17(22)10-15(13)18/h9,13-15,17,22H,3-8,10H2,1-2H3/t13-,14-,15-,17+,18-,19-/m0/s1. The van der Waals surface area contributed by atoms with E-state index in [4.69, 9.17) is 0 Å². The number of carbonyl (C=O) groups excluding carboxylic acids is 2. The van der Waals surface area contributed by atoms with Crippen LogP contribution in [0.15, 0.2) is 11.6 Å². The molecule has 0 radical (unpaired) electrons. The Kier molecular flexibility index (Phi) is 3.01. The molecule has 0 aromatic heterocycles. The highest BCUT2D eigenvalue weighted by atomic mass is 16.3. The molecule has 0 aromatic rings. The topological polar surface area (TPSA) is 54.4 Å². The van der Waals surface area contributed by atoms with Crippen molar-refractivity contribution in [2.45, 2.75) is 64.9 Å². The Morgan fingerprint density at radius 1 is 1.09 bits per heavy atom. The Bertz CT molecular complexity index is 577. The summed E-state index contributed by atoms with van der Waals surface area (Å²) in [5.74, 6) is 1.84. The monoisotopic (exact) mass is 302 g/mol. The Labute approximate surface area is 132 Å². The van der Waals surface area contributed by atoms with E-state index in [0.717, 1.165) is 32.1 Å². The van der Waals surface area contributed by atoms with E-state index in [9.17, 15) is 14.7 Å². The van der Waals surface area contributed by atoms with Crippen LogP contribution in [0.5, 0.6) is 0 Å². The quantitative estimate of drug-likeness (QED) is 0.748. The highest BCUT2D eigenvalue weighted by Crippen LogP contribution is 2.64. The van der Waals surface area contributed by atoms with Gasteiger partial charge in [0.05, 0.1) is 11.5 Å². The summed E-state index contributed by atoms with van der Waals surface area (Å²) in [4.78, 5) is 24.2. The predicted octanol–water partition coefficient (Wildman–Crippen LogP) is 3.06. The summed E-state index contributed by atoms with van der Waals surface area (Å²) in [6.07, 6.45) is 7.33. The lowest BCUT2D eigenvalue weighted by molar-refractivity contribution is -0.150. The first-order valence-electron chi connectivity index (χ1n) is 8.82. The summed E-state index contributed by atoms with van der Waals surface area (Å²) >= 11 is 0. The van der Waals surface area contributed by atoms with Gasteiger partial charge >= 0.3 is 0 Å². The first-order chi connectivity index (χ1) is 10.4. The fourth-order valence-corrected chi connectivity index (χ4v) is 6.31. The van der Waals surface area contributed by atoms with Crippen LogP contribution in [0.2, 0.25) is 0 Å². The third kappa shape index (κ3) is 1.66. The van der Waals surface area contributed by atoms with E-state index in [0.29, 0.717) is 30.6 Å². The second kappa shape index (κ2) is 4.53. The van der Waals surface area contributed by atoms with Gasteiger partial charge in [-0.3, -0.25) is 9.59 Å². The maximum atomic E-state index is 12.4. The molecule has 4 aliphatic rings. The fraction of sp³-hybridized carbons (Fsp3) is 0.789. The second-order valence-corrected chi connectivity index (χ2v) is 8.46. The molecule has 6 atom stereocenters. The maximum Gasteiger partial charge on any atom is 0.155 e. The van der Waals surface area contributed by atoms with Crippen LogP contribution >= 0.6 is 0 Å². The summed E-state index contributed by atoms with van der Waals surface area (Å²) < 4.78 is 0. The molecule has 3 nitrogen and oxygen atoms in total. The number of aliphatic hydroxyl groups is 1. The third-order valence-corrected chi connectivity index (χ3v) is 7.78. The van der Waals surface area contributed by atoms with E-state index in [1.807, 2.05) is 13.0 Å². The molecule has 0 aliphatic heterocycles. The van der Waals surface area contributed by atoms with Crippen LogP contribution in [-0.4, -0.2) is 22.8 Å². The largest absolute Gasteiger partial charge is 0.392 e. The lowest BCUT2D eigenvalue weighted by atomic mass is 9.47. The van der Waals surface area contributed by atoms with Gasteiger partial charge in [0.15, 0.2) is 5.78 Å². The zero-order chi connectivity index (χ0) is 15.7. The van der Waals surface area contributed by atoms with Crippen molar-refractivity contribution in [1.29, 1.82) is 0 Å².